The number of nitrogen functional groups attached to an aromatic ring is 1. The van der Waals surface area contributed by atoms with Crippen LogP contribution in [0.4, 0.5) is 5.82 Å². The van der Waals surface area contributed by atoms with Gasteiger partial charge in [0.05, 0.1) is 22.9 Å². The van der Waals surface area contributed by atoms with Crippen LogP contribution in [0.15, 0.2) is 49.2 Å². The number of hydrogen-bond donors (Lipinski definition) is 3. The van der Waals surface area contributed by atoms with Gasteiger partial charge in [-0.05, 0) is 18.2 Å². The van der Waals surface area contributed by atoms with Crippen molar-refractivity contribution in [3.63, 3.8) is 0 Å². The number of aryl methyl sites for hydroxylation is 2. The van der Waals surface area contributed by atoms with Crippen LogP contribution in [0.5, 0.6) is 0 Å². The smallest absolute Gasteiger partial charge is 0.135 e. The van der Waals surface area contributed by atoms with E-state index in [1.54, 1.807) is 12.5 Å². The molecule has 0 spiro atoms. The summed E-state index contributed by atoms with van der Waals surface area (Å²) in [5.41, 5.74) is 10.9. The van der Waals surface area contributed by atoms with Gasteiger partial charge in [-0.3, -0.25) is 9.78 Å². The Kier molecular flexibility index (Phi) is 3.21. The van der Waals surface area contributed by atoms with E-state index in [0.717, 1.165) is 51.7 Å². The SMILES string of the molecule is Nc1nc2cc(-c3ccn[nH]3)ccc2c2nn(CCc3cnc[nH]3)cc12. The summed E-state index contributed by atoms with van der Waals surface area (Å²) in [7, 11) is 0. The molecule has 0 fully saturated rings. The van der Waals surface area contributed by atoms with Crippen LogP contribution in [-0.2, 0) is 13.0 Å². The fourth-order valence-electron chi connectivity index (χ4n) is 3.18. The number of fused-ring (bicyclic) bond motifs is 3. The van der Waals surface area contributed by atoms with E-state index in [1.807, 2.05) is 41.3 Å². The van der Waals surface area contributed by atoms with Gasteiger partial charge in [-0.25, -0.2) is 9.97 Å². The van der Waals surface area contributed by atoms with Crippen molar-refractivity contribution in [3.05, 3.63) is 54.9 Å². The topological polar surface area (TPSA) is 114 Å². The third-order valence-corrected chi connectivity index (χ3v) is 4.51. The van der Waals surface area contributed by atoms with Gasteiger partial charge in [0, 0.05) is 48.2 Å². The maximum Gasteiger partial charge on any atom is 0.135 e. The van der Waals surface area contributed by atoms with Crippen LogP contribution >= 0.6 is 0 Å². The van der Waals surface area contributed by atoms with Crippen LogP contribution in [0.1, 0.15) is 5.69 Å². The van der Waals surface area contributed by atoms with Gasteiger partial charge in [0.2, 0.25) is 0 Å². The molecular weight excluding hydrogens is 328 g/mol. The molecule has 1 aromatic carbocycles. The molecule has 0 aliphatic carbocycles. The molecule has 0 aliphatic heterocycles. The first-order chi connectivity index (χ1) is 12.8. The zero-order chi connectivity index (χ0) is 17.5. The fourth-order valence-corrected chi connectivity index (χ4v) is 3.18. The number of nitrogens with zero attached hydrogens (tertiary/aromatic N) is 5. The zero-order valence-corrected chi connectivity index (χ0v) is 13.8. The molecule has 8 nitrogen and oxygen atoms in total. The molecular formula is C18H16N8. The van der Waals surface area contributed by atoms with Crippen LogP contribution in [0.2, 0.25) is 0 Å². The predicted molar refractivity (Wildman–Crippen MR) is 99.3 cm³/mol. The van der Waals surface area contributed by atoms with Crippen LogP contribution in [0.3, 0.4) is 0 Å². The number of rotatable bonds is 4. The number of pyridine rings is 1. The largest absolute Gasteiger partial charge is 0.383 e. The summed E-state index contributed by atoms with van der Waals surface area (Å²) in [5, 5.41) is 13.6. The monoisotopic (exact) mass is 344 g/mol. The molecule has 0 amide bonds. The quantitative estimate of drug-likeness (QED) is 0.463. The molecule has 0 atom stereocenters. The first-order valence-corrected chi connectivity index (χ1v) is 8.31. The van der Waals surface area contributed by atoms with Gasteiger partial charge < -0.3 is 10.7 Å². The number of imidazole rings is 1. The molecule has 0 bridgehead atoms. The van der Waals surface area contributed by atoms with Gasteiger partial charge in [-0.15, -0.1) is 0 Å². The highest BCUT2D eigenvalue weighted by atomic mass is 15.3. The summed E-state index contributed by atoms with van der Waals surface area (Å²) in [6.07, 6.45) is 8.01. The predicted octanol–water partition coefficient (Wildman–Crippen LogP) is 2.52. The third-order valence-electron chi connectivity index (χ3n) is 4.51. The van der Waals surface area contributed by atoms with Crippen molar-refractivity contribution in [1.82, 2.24) is 34.9 Å². The van der Waals surface area contributed by atoms with Crippen molar-refractivity contribution >= 4 is 27.6 Å². The summed E-state index contributed by atoms with van der Waals surface area (Å²) in [5.74, 6) is 0.488. The highest BCUT2D eigenvalue weighted by Crippen LogP contribution is 2.29. The van der Waals surface area contributed by atoms with E-state index in [-0.39, 0.29) is 0 Å². The van der Waals surface area contributed by atoms with Gasteiger partial charge in [0.15, 0.2) is 0 Å². The normalized spacial score (nSPS) is 11.5. The molecule has 0 saturated heterocycles. The van der Waals surface area contributed by atoms with E-state index < -0.39 is 0 Å². The highest BCUT2D eigenvalue weighted by Gasteiger charge is 2.12. The van der Waals surface area contributed by atoms with Gasteiger partial charge in [-0.1, -0.05) is 6.07 Å². The molecule has 8 heteroatoms. The number of nitrogens with one attached hydrogen (secondary N) is 2. The molecule has 0 unspecified atom stereocenters. The molecule has 26 heavy (non-hydrogen) atoms. The Labute approximate surface area is 148 Å². The zero-order valence-electron chi connectivity index (χ0n) is 13.8. The van der Waals surface area contributed by atoms with Crippen molar-refractivity contribution < 1.29 is 0 Å². The second kappa shape index (κ2) is 5.69. The van der Waals surface area contributed by atoms with Gasteiger partial charge >= 0.3 is 0 Å². The lowest BCUT2D eigenvalue weighted by Gasteiger charge is -2.03. The minimum Gasteiger partial charge on any atom is -0.383 e. The maximum atomic E-state index is 6.19. The second-order valence-corrected chi connectivity index (χ2v) is 6.18. The Morgan fingerprint density at radius 2 is 2.12 bits per heavy atom. The van der Waals surface area contributed by atoms with E-state index in [4.69, 9.17) is 10.8 Å². The van der Waals surface area contributed by atoms with E-state index in [9.17, 15) is 0 Å². The van der Waals surface area contributed by atoms with Crippen LogP contribution in [0, 0.1) is 0 Å². The highest BCUT2D eigenvalue weighted by molar-refractivity contribution is 6.08. The van der Waals surface area contributed by atoms with Crippen LogP contribution in [-0.4, -0.2) is 34.9 Å². The first kappa shape index (κ1) is 14.6. The number of aromatic nitrogens is 7. The van der Waals surface area contributed by atoms with Crippen LogP contribution in [0.25, 0.3) is 33.1 Å². The van der Waals surface area contributed by atoms with Gasteiger partial charge in [0.1, 0.15) is 11.3 Å². The molecule has 0 radical (unpaired) electrons. The Hall–Kier alpha value is -3.68. The van der Waals surface area contributed by atoms with E-state index in [2.05, 4.69) is 25.1 Å². The summed E-state index contributed by atoms with van der Waals surface area (Å²) >= 11 is 0. The van der Waals surface area contributed by atoms with Crippen molar-refractivity contribution in [3.8, 4) is 11.3 Å². The number of aromatic amines is 2. The lowest BCUT2D eigenvalue weighted by molar-refractivity contribution is 0.616. The molecule has 5 aromatic rings. The average Bonchev–Trinajstić information content (AvgIpc) is 3.40. The minimum absolute atomic E-state index is 0.488. The number of anilines is 1. The number of H-pyrrole nitrogens is 2. The summed E-state index contributed by atoms with van der Waals surface area (Å²) in [4.78, 5) is 11.7. The van der Waals surface area contributed by atoms with Crippen LogP contribution < -0.4 is 5.73 Å². The molecule has 0 aliphatic rings. The maximum absolute atomic E-state index is 6.19. The Morgan fingerprint density at radius 1 is 1.15 bits per heavy atom. The minimum atomic E-state index is 0.488. The van der Waals surface area contributed by atoms with Crippen molar-refractivity contribution in [2.45, 2.75) is 13.0 Å². The standard InChI is InChI=1S/C18H16N8/c19-18-14-9-26(6-4-12-8-20-10-21-12)25-17(14)13-2-1-11(7-16(13)23-18)15-3-5-22-24-15/h1-3,5,7-10H,4,6H2,(H2,19,23)(H,20,21)(H,22,24). The fraction of sp³-hybridized carbons (Fsp3) is 0.111. The summed E-state index contributed by atoms with van der Waals surface area (Å²) in [6, 6.07) is 8.00. The molecule has 5 rings (SSSR count). The molecule has 4 aromatic heterocycles. The van der Waals surface area contributed by atoms with Crippen molar-refractivity contribution in [2.24, 2.45) is 0 Å². The van der Waals surface area contributed by atoms with Crippen molar-refractivity contribution in [1.29, 1.82) is 0 Å². The van der Waals surface area contributed by atoms with Gasteiger partial charge in [0.25, 0.3) is 0 Å². The first-order valence-electron chi connectivity index (χ1n) is 8.31. The number of hydrogen-bond acceptors (Lipinski definition) is 5. The van der Waals surface area contributed by atoms with Gasteiger partial charge in [-0.2, -0.15) is 10.2 Å². The lowest BCUT2D eigenvalue weighted by atomic mass is 10.1. The molecule has 4 N–H and O–H groups in total. The molecule has 0 saturated carbocycles. The Balaban J connectivity index is 1.58. The van der Waals surface area contributed by atoms with E-state index >= 15 is 0 Å². The van der Waals surface area contributed by atoms with E-state index in [0.29, 0.717) is 5.82 Å². The lowest BCUT2D eigenvalue weighted by Crippen LogP contribution is -2.01. The number of benzene rings is 1. The molecule has 4 heterocycles. The summed E-state index contributed by atoms with van der Waals surface area (Å²) in [6.45, 7) is 0.740. The number of nitrogens with two attached hydrogens (primary N) is 1. The Morgan fingerprint density at radius 3 is 2.92 bits per heavy atom. The third kappa shape index (κ3) is 2.39. The van der Waals surface area contributed by atoms with Crippen molar-refractivity contribution in [2.75, 3.05) is 5.73 Å². The second-order valence-electron chi connectivity index (χ2n) is 6.18. The van der Waals surface area contributed by atoms with E-state index in [1.165, 1.54) is 0 Å². The average molecular weight is 344 g/mol. The molecule has 128 valence electrons. The summed E-state index contributed by atoms with van der Waals surface area (Å²) < 4.78 is 1.91. The Bertz CT molecular complexity index is 1190.